The van der Waals surface area contributed by atoms with E-state index >= 15 is 0 Å². The summed E-state index contributed by atoms with van der Waals surface area (Å²) in [6.07, 6.45) is 1.69. The van der Waals surface area contributed by atoms with Crippen LogP contribution in [0.1, 0.15) is 32.6 Å². The molecule has 2 aromatic heterocycles. The van der Waals surface area contributed by atoms with Crippen LogP contribution < -0.4 is 5.32 Å². The average molecular weight is 301 g/mol. The van der Waals surface area contributed by atoms with Crippen LogP contribution in [0, 0.1) is 0 Å². The summed E-state index contributed by atoms with van der Waals surface area (Å²) in [5.41, 5.74) is 0.442. The molecule has 2 aromatic rings. The van der Waals surface area contributed by atoms with Crippen molar-refractivity contribution < 1.29 is 9.32 Å². The molecule has 116 valence electrons. The zero-order chi connectivity index (χ0) is 15.7. The van der Waals surface area contributed by atoms with E-state index in [0.717, 1.165) is 0 Å². The molecule has 0 spiro atoms. The normalized spacial score (nSPS) is 15.5. The number of nitrogens with zero attached hydrogens (tertiary/aromatic N) is 4. The van der Waals surface area contributed by atoms with Crippen LogP contribution in [-0.4, -0.2) is 44.7 Å². The Morgan fingerprint density at radius 3 is 2.77 bits per heavy atom. The van der Waals surface area contributed by atoms with E-state index in [4.69, 9.17) is 4.52 Å². The highest BCUT2D eigenvalue weighted by Gasteiger charge is 2.36. The third-order valence-corrected chi connectivity index (χ3v) is 3.34. The van der Waals surface area contributed by atoms with Crippen molar-refractivity contribution in [3.05, 3.63) is 30.3 Å². The van der Waals surface area contributed by atoms with Gasteiger partial charge in [0.05, 0.1) is 5.92 Å². The van der Waals surface area contributed by atoms with Gasteiger partial charge in [-0.05, 0) is 32.9 Å². The van der Waals surface area contributed by atoms with Crippen LogP contribution in [0.5, 0.6) is 0 Å². The van der Waals surface area contributed by atoms with Gasteiger partial charge in [0.15, 0.2) is 0 Å². The molecule has 22 heavy (non-hydrogen) atoms. The topological polar surface area (TPSA) is 84.2 Å². The number of hydrogen-bond donors (Lipinski definition) is 1. The Morgan fingerprint density at radius 1 is 1.36 bits per heavy atom. The van der Waals surface area contributed by atoms with Gasteiger partial charge in [-0.25, -0.2) is 4.79 Å². The number of aromatic nitrogens is 3. The molecule has 7 heteroatoms. The number of pyridine rings is 1. The minimum atomic E-state index is -0.237. The number of rotatable bonds is 2. The summed E-state index contributed by atoms with van der Waals surface area (Å²) < 4.78 is 5.29. The number of carbonyl (C=O) groups excluding carboxylic acids is 1. The van der Waals surface area contributed by atoms with E-state index < -0.39 is 0 Å². The molecule has 1 saturated heterocycles. The lowest BCUT2D eigenvalue weighted by atomic mass is 10.0. The number of carbonyl (C=O) groups is 1. The van der Waals surface area contributed by atoms with Gasteiger partial charge >= 0.3 is 6.03 Å². The maximum absolute atomic E-state index is 12.0. The predicted molar refractivity (Wildman–Crippen MR) is 80.1 cm³/mol. The van der Waals surface area contributed by atoms with Crippen LogP contribution in [0.2, 0.25) is 0 Å². The first-order valence-corrected chi connectivity index (χ1v) is 7.24. The van der Waals surface area contributed by atoms with Crippen LogP contribution >= 0.6 is 0 Å². The van der Waals surface area contributed by atoms with Gasteiger partial charge in [0.1, 0.15) is 5.69 Å². The molecule has 0 unspecified atom stereocenters. The second kappa shape index (κ2) is 5.40. The molecule has 3 rings (SSSR count). The molecule has 7 nitrogen and oxygen atoms in total. The van der Waals surface area contributed by atoms with Crippen molar-refractivity contribution >= 4 is 6.03 Å². The molecule has 1 N–H and O–H groups in total. The Balaban J connectivity index is 1.60. The Morgan fingerprint density at radius 2 is 2.14 bits per heavy atom. The highest BCUT2D eigenvalue weighted by molar-refractivity contribution is 5.76. The van der Waals surface area contributed by atoms with Crippen molar-refractivity contribution in [1.82, 2.24) is 25.3 Å². The SMILES string of the molecule is CC(C)(C)NC(=O)N1CC(c2nc(-c3ccccn3)no2)C1. The van der Waals surface area contributed by atoms with Gasteiger partial charge in [-0.3, -0.25) is 4.98 Å². The monoisotopic (exact) mass is 301 g/mol. The summed E-state index contributed by atoms with van der Waals surface area (Å²) in [6, 6.07) is 5.48. The molecule has 0 bridgehead atoms. The summed E-state index contributed by atoms with van der Waals surface area (Å²) in [6.45, 7) is 7.05. The zero-order valence-electron chi connectivity index (χ0n) is 12.9. The Labute approximate surface area is 128 Å². The van der Waals surface area contributed by atoms with Crippen LogP contribution in [0.4, 0.5) is 4.79 Å². The number of likely N-dealkylation sites (tertiary alicyclic amines) is 1. The van der Waals surface area contributed by atoms with Gasteiger partial charge in [0, 0.05) is 24.8 Å². The Kier molecular flexibility index (Phi) is 3.56. The first-order chi connectivity index (χ1) is 10.4. The third-order valence-electron chi connectivity index (χ3n) is 3.34. The number of urea groups is 1. The van der Waals surface area contributed by atoms with E-state index in [1.807, 2.05) is 39.0 Å². The van der Waals surface area contributed by atoms with Crippen LogP contribution in [0.15, 0.2) is 28.9 Å². The zero-order valence-corrected chi connectivity index (χ0v) is 12.9. The first-order valence-electron chi connectivity index (χ1n) is 7.24. The molecule has 0 atom stereocenters. The summed E-state index contributed by atoms with van der Waals surface area (Å²) in [5.74, 6) is 1.13. The lowest BCUT2D eigenvalue weighted by molar-refractivity contribution is 0.131. The second-order valence-corrected chi connectivity index (χ2v) is 6.45. The smallest absolute Gasteiger partial charge is 0.317 e. The van der Waals surface area contributed by atoms with Crippen molar-refractivity contribution in [2.75, 3.05) is 13.1 Å². The van der Waals surface area contributed by atoms with Crippen molar-refractivity contribution in [3.8, 4) is 11.5 Å². The van der Waals surface area contributed by atoms with E-state index in [9.17, 15) is 4.79 Å². The standard InChI is InChI=1S/C15H19N5O2/c1-15(2,3)18-14(21)20-8-10(9-20)13-17-12(19-22-13)11-6-4-5-7-16-11/h4-7,10H,8-9H2,1-3H3,(H,18,21). The van der Waals surface area contributed by atoms with Gasteiger partial charge in [0.2, 0.25) is 11.7 Å². The van der Waals surface area contributed by atoms with Crippen LogP contribution in [0.25, 0.3) is 11.5 Å². The molecule has 2 amide bonds. The minimum absolute atomic E-state index is 0.0618. The second-order valence-electron chi connectivity index (χ2n) is 6.45. The van der Waals surface area contributed by atoms with Crippen molar-refractivity contribution in [3.63, 3.8) is 0 Å². The lowest BCUT2D eigenvalue weighted by Gasteiger charge is -2.38. The van der Waals surface area contributed by atoms with Gasteiger partial charge in [-0.15, -0.1) is 0 Å². The van der Waals surface area contributed by atoms with Gasteiger partial charge in [-0.2, -0.15) is 4.98 Å². The molecule has 1 fully saturated rings. The first kappa shape index (κ1) is 14.5. The summed E-state index contributed by atoms with van der Waals surface area (Å²) in [5, 5.41) is 6.89. The molecule has 3 heterocycles. The highest BCUT2D eigenvalue weighted by Crippen LogP contribution is 2.27. The fourth-order valence-corrected chi connectivity index (χ4v) is 2.20. The average Bonchev–Trinajstić information content (AvgIpc) is 2.85. The van der Waals surface area contributed by atoms with Gasteiger partial charge in [0.25, 0.3) is 0 Å². The van der Waals surface area contributed by atoms with E-state index in [0.29, 0.717) is 30.5 Å². The van der Waals surface area contributed by atoms with Crippen molar-refractivity contribution in [2.45, 2.75) is 32.2 Å². The fraction of sp³-hybridized carbons (Fsp3) is 0.467. The molecule has 1 aliphatic heterocycles. The van der Waals surface area contributed by atoms with Gasteiger partial charge in [-0.1, -0.05) is 11.2 Å². The van der Waals surface area contributed by atoms with E-state index in [-0.39, 0.29) is 17.5 Å². The molecule has 0 radical (unpaired) electrons. The maximum Gasteiger partial charge on any atom is 0.317 e. The minimum Gasteiger partial charge on any atom is -0.338 e. The molecule has 0 aromatic carbocycles. The highest BCUT2D eigenvalue weighted by atomic mass is 16.5. The predicted octanol–water partition coefficient (Wildman–Crippen LogP) is 2.04. The van der Waals surface area contributed by atoms with Crippen molar-refractivity contribution in [2.24, 2.45) is 0 Å². The van der Waals surface area contributed by atoms with E-state index in [1.165, 1.54) is 0 Å². The van der Waals surface area contributed by atoms with E-state index in [2.05, 4.69) is 20.4 Å². The Hall–Kier alpha value is -2.44. The molecule has 0 saturated carbocycles. The molecular formula is C15H19N5O2. The van der Waals surface area contributed by atoms with Crippen LogP contribution in [0.3, 0.4) is 0 Å². The quantitative estimate of drug-likeness (QED) is 0.917. The summed E-state index contributed by atoms with van der Waals surface area (Å²) in [4.78, 5) is 22.3. The summed E-state index contributed by atoms with van der Waals surface area (Å²) in [7, 11) is 0. The van der Waals surface area contributed by atoms with Crippen LogP contribution in [-0.2, 0) is 0 Å². The number of amides is 2. The van der Waals surface area contributed by atoms with Crippen molar-refractivity contribution in [1.29, 1.82) is 0 Å². The number of hydrogen-bond acceptors (Lipinski definition) is 5. The third kappa shape index (κ3) is 3.08. The molecule has 0 aliphatic carbocycles. The molecule has 1 aliphatic rings. The maximum atomic E-state index is 12.0. The Bertz CT molecular complexity index is 656. The number of nitrogens with one attached hydrogen (secondary N) is 1. The molecular weight excluding hydrogens is 282 g/mol. The van der Waals surface area contributed by atoms with Gasteiger partial charge < -0.3 is 14.7 Å². The van der Waals surface area contributed by atoms with E-state index in [1.54, 1.807) is 11.1 Å². The lowest BCUT2D eigenvalue weighted by Crippen LogP contribution is -2.56. The largest absolute Gasteiger partial charge is 0.338 e. The summed E-state index contributed by atoms with van der Waals surface area (Å²) >= 11 is 0. The fourth-order valence-electron chi connectivity index (χ4n) is 2.20.